The molecule has 0 radical (unpaired) electrons. The molecular formula is C16H22O. The highest BCUT2D eigenvalue weighted by atomic mass is 16.5. The fraction of sp³-hybridized carbons (Fsp3) is 0.625. The van der Waals surface area contributed by atoms with E-state index in [1.54, 1.807) is 12.7 Å². The van der Waals surface area contributed by atoms with Crippen molar-refractivity contribution in [2.24, 2.45) is 0 Å². The Morgan fingerprint density at radius 1 is 1.06 bits per heavy atom. The molecule has 1 heteroatoms. The predicted octanol–water partition coefficient (Wildman–Crippen LogP) is 4.15. The predicted molar refractivity (Wildman–Crippen MR) is 70.8 cm³/mol. The second kappa shape index (κ2) is 4.04. The van der Waals surface area contributed by atoms with Crippen LogP contribution in [0.2, 0.25) is 0 Å². The van der Waals surface area contributed by atoms with E-state index in [4.69, 9.17) is 4.74 Å². The highest BCUT2D eigenvalue weighted by Gasteiger charge is 2.40. The van der Waals surface area contributed by atoms with Crippen LogP contribution in [0, 0.1) is 6.92 Å². The molecule has 3 rings (SSSR count). The molecule has 2 aliphatic rings. The molecule has 1 nitrogen and oxygen atoms in total. The molecule has 0 heterocycles. The maximum Gasteiger partial charge on any atom is 0.122 e. The van der Waals surface area contributed by atoms with Crippen molar-refractivity contribution in [3.8, 4) is 5.75 Å². The summed E-state index contributed by atoms with van der Waals surface area (Å²) in [6.45, 7) is 2.28. The molecule has 1 saturated carbocycles. The van der Waals surface area contributed by atoms with E-state index in [2.05, 4.69) is 19.1 Å². The van der Waals surface area contributed by atoms with Crippen molar-refractivity contribution in [1.29, 1.82) is 0 Å². The first-order chi connectivity index (χ1) is 8.27. The quantitative estimate of drug-likeness (QED) is 0.704. The number of fused-ring (bicyclic) bond motifs is 2. The third-order valence-electron chi connectivity index (χ3n) is 4.87. The fourth-order valence-corrected chi connectivity index (χ4v) is 4.20. The minimum absolute atomic E-state index is 0.506. The van der Waals surface area contributed by atoms with E-state index >= 15 is 0 Å². The van der Waals surface area contributed by atoms with Crippen molar-refractivity contribution in [3.05, 3.63) is 28.8 Å². The van der Waals surface area contributed by atoms with Gasteiger partial charge >= 0.3 is 0 Å². The Bertz CT molecular complexity index is 427. The molecule has 17 heavy (non-hydrogen) atoms. The van der Waals surface area contributed by atoms with E-state index in [9.17, 15) is 0 Å². The lowest BCUT2D eigenvalue weighted by Crippen LogP contribution is -2.29. The van der Waals surface area contributed by atoms with Gasteiger partial charge in [0.2, 0.25) is 0 Å². The fourth-order valence-electron chi connectivity index (χ4n) is 4.20. The first-order valence-corrected chi connectivity index (χ1v) is 6.94. The molecule has 0 N–H and O–H groups in total. The SMILES string of the molecule is COc1ccc(C)c2c1CCCC21CCCC1. The van der Waals surface area contributed by atoms with Crippen molar-refractivity contribution >= 4 is 0 Å². The second-order valence-electron chi connectivity index (χ2n) is 5.78. The molecule has 0 bridgehead atoms. The molecule has 1 aromatic rings. The lowest BCUT2D eigenvalue weighted by Gasteiger charge is -2.38. The van der Waals surface area contributed by atoms with Gasteiger partial charge in [0.1, 0.15) is 5.75 Å². The molecule has 0 atom stereocenters. The van der Waals surface area contributed by atoms with Crippen LogP contribution in [0.4, 0.5) is 0 Å². The van der Waals surface area contributed by atoms with Gasteiger partial charge in [0.25, 0.3) is 0 Å². The minimum atomic E-state index is 0.506. The molecule has 0 saturated heterocycles. The Kier molecular flexibility index (Phi) is 2.65. The third kappa shape index (κ3) is 1.59. The van der Waals surface area contributed by atoms with E-state index in [-0.39, 0.29) is 0 Å². The monoisotopic (exact) mass is 230 g/mol. The number of rotatable bonds is 1. The molecule has 0 unspecified atom stereocenters. The molecule has 2 aliphatic carbocycles. The van der Waals surface area contributed by atoms with Crippen LogP contribution < -0.4 is 4.74 Å². The zero-order valence-electron chi connectivity index (χ0n) is 11.0. The number of aryl methyl sites for hydroxylation is 1. The zero-order chi connectivity index (χ0) is 11.9. The van der Waals surface area contributed by atoms with Crippen molar-refractivity contribution < 1.29 is 4.74 Å². The van der Waals surface area contributed by atoms with Crippen LogP contribution in [0.25, 0.3) is 0 Å². The maximum atomic E-state index is 5.57. The first kappa shape index (κ1) is 11.1. The van der Waals surface area contributed by atoms with Gasteiger partial charge in [0.15, 0.2) is 0 Å². The van der Waals surface area contributed by atoms with Crippen LogP contribution in [0.1, 0.15) is 55.2 Å². The van der Waals surface area contributed by atoms with Crippen molar-refractivity contribution in [1.82, 2.24) is 0 Å². The largest absolute Gasteiger partial charge is 0.496 e. The van der Waals surface area contributed by atoms with Crippen LogP contribution in [0.5, 0.6) is 5.75 Å². The summed E-state index contributed by atoms with van der Waals surface area (Å²) in [4.78, 5) is 0. The van der Waals surface area contributed by atoms with Crippen LogP contribution in [0.3, 0.4) is 0 Å². The van der Waals surface area contributed by atoms with Crippen molar-refractivity contribution in [2.45, 2.75) is 57.3 Å². The molecule has 1 fully saturated rings. The molecule has 1 aromatic carbocycles. The van der Waals surface area contributed by atoms with Gasteiger partial charge in [-0.3, -0.25) is 0 Å². The average Bonchev–Trinajstić information content (AvgIpc) is 2.79. The topological polar surface area (TPSA) is 9.23 Å². The van der Waals surface area contributed by atoms with E-state index in [1.807, 2.05) is 0 Å². The Morgan fingerprint density at radius 3 is 2.47 bits per heavy atom. The molecular weight excluding hydrogens is 208 g/mol. The average molecular weight is 230 g/mol. The normalized spacial score (nSPS) is 21.5. The third-order valence-corrected chi connectivity index (χ3v) is 4.87. The van der Waals surface area contributed by atoms with E-state index in [1.165, 1.54) is 56.1 Å². The van der Waals surface area contributed by atoms with E-state index in [0.29, 0.717) is 5.41 Å². The first-order valence-electron chi connectivity index (χ1n) is 6.94. The smallest absolute Gasteiger partial charge is 0.122 e. The summed E-state index contributed by atoms with van der Waals surface area (Å²) < 4.78 is 5.57. The standard InChI is InChI=1S/C16H22O/c1-12-7-8-14(17-2)13-6-5-11-16(15(12)13)9-3-4-10-16/h7-8H,3-6,9-11H2,1-2H3. The van der Waals surface area contributed by atoms with Crippen LogP contribution >= 0.6 is 0 Å². The van der Waals surface area contributed by atoms with Crippen LogP contribution in [-0.2, 0) is 11.8 Å². The minimum Gasteiger partial charge on any atom is -0.496 e. The second-order valence-corrected chi connectivity index (χ2v) is 5.78. The Morgan fingerprint density at radius 2 is 1.76 bits per heavy atom. The van der Waals surface area contributed by atoms with Gasteiger partial charge in [0, 0.05) is 0 Å². The van der Waals surface area contributed by atoms with Crippen LogP contribution in [-0.4, -0.2) is 7.11 Å². The molecule has 0 amide bonds. The number of hydrogen-bond acceptors (Lipinski definition) is 1. The number of ether oxygens (including phenoxy) is 1. The van der Waals surface area contributed by atoms with Gasteiger partial charge in [-0.05, 0) is 67.2 Å². The van der Waals surface area contributed by atoms with Crippen molar-refractivity contribution in [2.75, 3.05) is 7.11 Å². The summed E-state index contributed by atoms with van der Waals surface area (Å²) >= 11 is 0. The van der Waals surface area contributed by atoms with Gasteiger partial charge in [-0.1, -0.05) is 18.9 Å². The molecule has 0 aromatic heterocycles. The lowest BCUT2D eigenvalue weighted by atomic mass is 9.67. The number of benzene rings is 1. The van der Waals surface area contributed by atoms with Crippen LogP contribution in [0.15, 0.2) is 12.1 Å². The Balaban J connectivity index is 2.18. The number of hydrogen-bond donors (Lipinski definition) is 0. The van der Waals surface area contributed by atoms with Crippen molar-refractivity contribution in [3.63, 3.8) is 0 Å². The lowest BCUT2D eigenvalue weighted by molar-refractivity contribution is 0.352. The van der Waals surface area contributed by atoms with E-state index < -0.39 is 0 Å². The van der Waals surface area contributed by atoms with Gasteiger partial charge in [-0.25, -0.2) is 0 Å². The number of methoxy groups -OCH3 is 1. The highest BCUT2D eigenvalue weighted by Crippen LogP contribution is 2.51. The summed E-state index contributed by atoms with van der Waals surface area (Å²) in [7, 11) is 1.81. The maximum absolute atomic E-state index is 5.57. The summed E-state index contributed by atoms with van der Waals surface area (Å²) in [5, 5.41) is 0. The van der Waals surface area contributed by atoms with Gasteiger partial charge < -0.3 is 4.74 Å². The molecule has 92 valence electrons. The summed E-state index contributed by atoms with van der Waals surface area (Å²) in [5.74, 6) is 1.12. The van der Waals surface area contributed by atoms with Gasteiger partial charge in [-0.2, -0.15) is 0 Å². The molecule has 0 aliphatic heterocycles. The Labute approximate surface area is 104 Å². The Hall–Kier alpha value is -0.980. The highest BCUT2D eigenvalue weighted by molar-refractivity contribution is 5.50. The summed E-state index contributed by atoms with van der Waals surface area (Å²) in [6, 6.07) is 4.41. The summed E-state index contributed by atoms with van der Waals surface area (Å²) in [6.07, 6.45) is 9.57. The summed E-state index contributed by atoms with van der Waals surface area (Å²) in [5.41, 5.74) is 5.16. The molecule has 1 spiro atoms. The van der Waals surface area contributed by atoms with E-state index in [0.717, 1.165) is 5.75 Å². The van der Waals surface area contributed by atoms with Gasteiger partial charge in [-0.15, -0.1) is 0 Å². The van der Waals surface area contributed by atoms with Gasteiger partial charge in [0.05, 0.1) is 7.11 Å². The zero-order valence-corrected chi connectivity index (χ0v) is 11.0.